The summed E-state index contributed by atoms with van der Waals surface area (Å²) in [5.41, 5.74) is 0. The maximum atomic E-state index is 8.88. The number of ether oxygens (including phenoxy) is 1. The Morgan fingerprint density at radius 1 is 1.36 bits per heavy atom. The number of carbonyl (C=O) groups excluding carboxylic acids is 1. The minimum Gasteiger partial charge on any atom is -0.412 e. The van der Waals surface area contributed by atoms with E-state index >= 15 is 0 Å². The molecule has 2 N–H and O–H groups in total. The third-order valence-corrected chi connectivity index (χ3v) is 0.295. The molecule has 11 heavy (non-hydrogen) atoms. The normalized spacial score (nSPS) is 8.09. The molecule has 0 amide bonds. The molecule has 1 heterocycles. The maximum absolute atomic E-state index is 8.88. The van der Waals surface area contributed by atoms with Crippen LogP contribution in [0.1, 0.15) is 0 Å². The van der Waals surface area contributed by atoms with Crippen molar-refractivity contribution >= 4 is 6.08 Å². The van der Waals surface area contributed by atoms with E-state index in [9.17, 15) is 0 Å². The number of hydrogen-bond acceptors (Lipinski definition) is 3. The smallest absolute Gasteiger partial charge is 0.234 e. The molecule has 1 aliphatic heterocycles. The molecule has 1 fully saturated rings. The van der Waals surface area contributed by atoms with Crippen molar-refractivity contribution < 1.29 is 80.4 Å². The molecule has 0 atom stereocenters. The van der Waals surface area contributed by atoms with Crippen molar-refractivity contribution in [1.82, 2.24) is 0 Å². The predicted molar refractivity (Wildman–Crippen MR) is 34.9 cm³/mol. The predicted octanol–water partition coefficient (Wildman–Crippen LogP) is -0.411. The van der Waals surface area contributed by atoms with Crippen LogP contribution in [0.4, 0.5) is 0 Å². The molecule has 1 aliphatic rings. The Hall–Kier alpha value is 1.51. The van der Waals surface area contributed by atoms with Gasteiger partial charge in [0.05, 0.1) is 13.2 Å². The van der Waals surface area contributed by atoms with Gasteiger partial charge in [-0.15, -0.1) is 0 Å². The third kappa shape index (κ3) is 84.5. The van der Waals surface area contributed by atoms with E-state index in [0.717, 1.165) is 13.2 Å². The summed E-state index contributed by atoms with van der Waals surface area (Å²) in [7, 11) is 1.38. The molecule has 4 nitrogen and oxygen atoms in total. The van der Waals surface area contributed by atoms with Crippen LogP contribution >= 0.6 is 0 Å². The van der Waals surface area contributed by atoms with Gasteiger partial charge in [-0.3, -0.25) is 0 Å². The molecular weight excluding hydrogens is 300 g/mol. The summed E-state index contributed by atoms with van der Waals surface area (Å²) < 4.78 is 4.50. The van der Waals surface area contributed by atoms with Gasteiger partial charge in [0.25, 0.3) is 0 Å². The van der Waals surface area contributed by atoms with Crippen molar-refractivity contribution in [3.05, 3.63) is 7.43 Å². The molecule has 6 heteroatoms. The molecular formula is C5H12NO3Y2-. The van der Waals surface area contributed by atoms with E-state index in [1.54, 1.807) is 0 Å². The fourth-order valence-corrected chi connectivity index (χ4v) is 0. The van der Waals surface area contributed by atoms with Crippen LogP contribution in [0.15, 0.2) is 4.99 Å². The zero-order chi connectivity index (χ0) is 5.54. The first kappa shape index (κ1) is 29.4. The first-order chi connectivity index (χ1) is 3.41. The zero-order valence-corrected chi connectivity index (χ0v) is 12.5. The van der Waals surface area contributed by atoms with E-state index < -0.39 is 0 Å². The number of rotatable bonds is 0. The first-order valence-electron chi connectivity index (χ1n) is 1.95. The molecule has 0 saturated carbocycles. The average molecular weight is 312 g/mol. The number of aliphatic imine (C=N–C) groups is 1. The van der Waals surface area contributed by atoms with Gasteiger partial charge in [-0.2, -0.15) is 0 Å². The van der Waals surface area contributed by atoms with Crippen LogP contribution < -0.4 is 0 Å². The van der Waals surface area contributed by atoms with Gasteiger partial charge in [0.2, 0.25) is 6.08 Å². The van der Waals surface area contributed by atoms with Gasteiger partial charge in [-0.05, 0) is 0 Å². The second kappa shape index (κ2) is 30.0. The summed E-state index contributed by atoms with van der Waals surface area (Å²) in [4.78, 5) is 11.8. The summed E-state index contributed by atoms with van der Waals surface area (Å²) in [6.07, 6.45) is 1.31. The van der Waals surface area contributed by atoms with Crippen molar-refractivity contribution in [2.45, 2.75) is 0 Å². The Morgan fingerprint density at radius 2 is 1.55 bits per heavy atom. The molecule has 2 radical (unpaired) electrons. The Morgan fingerprint density at radius 3 is 1.55 bits per heavy atom. The van der Waals surface area contributed by atoms with Crippen molar-refractivity contribution in [2.24, 2.45) is 4.99 Å². The topological polar surface area (TPSA) is 73.5 Å². The number of hydrogen-bond donors (Lipinski definition) is 0. The minimum absolute atomic E-state index is 0. The van der Waals surface area contributed by atoms with Crippen LogP contribution in [0.3, 0.4) is 0 Å². The Bertz CT molecular complexity index is 81.0. The summed E-state index contributed by atoms with van der Waals surface area (Å²) >= 11 is 0. The number of isocyanates is 1. The van der Waals surface area contributed by atoms with E-state index in [-0.39, 0.29) is 78.3 Å². The monoisotopic (exact) mass is 312 g/mol. The first-order valence-corrected chi connectivity index (χ1v) is 1.95. The summed E-state index contributed by atoms with van der Waals surface area (Å²) in [6, 6.07) is 0. The molecule has 62 valence electrons. The van der Waals surface area contributed by atoms with Gasteiger partial charge in [0.1, 0.15) is 0 Å². The van der Waals surface area contributed by atoms with Gasteiger partial charge in [0.15, 0.2) is 0 Å². The van der Waals surface area contributed by atoms with Gasteiger partial charge in [-0.25, -0.2) is 9.79 Å². The third-order valence-electron chi connectivity index (χ3n) is 0.295. The molecule has 1 saturated heterocycles. The second-order valence-electron chi connectivity index (χ2n) is 0.927. The number of nitrogens with zero attached hydrogens (tertiary/aromatic N) is 1. The van der Waals surface area contributed by atoms with E-state index in [0.29, 0.717) is 0 Å². The van der Waals surface area contributed by atoms with E-state index in [1.165, 1.54) is 13.1 Å². The summed E-state index contributed by atoms with van der Waals surface area (Å²) in [5.74, 6) is 0. The Labute approximate surface area is 118 Å². The number of epoxide rings is 1. The van der Waals surface area contributed by atoms with Crippen LogP contribution in [0.2, 0.25) is 0 Å². The fourth-order valence-electron chi connectivity index (χ4n) is 0. The molecule has 1 rings (SSSR count). The summed E-state index contributed by atoms with van der Waals surface area (Å²) in [6.45, 7) is 2.00. The fraction of sp³-hybridized carbons (Fsp3) is 0.600. The van der Waals surface area contributed by atoms with Crippen molar-refractivity contribution in [3.63, 3.8) is 0 Å². The standard InChI is InChI=1S/C2H3NO.C2H4O.CH3.H2O.2Y/c1-3-2-4;1-2-3-1;;;;/h1H3;1-2H2;1H3;1H2;;/q;;-1;;;. The Balaban J connectivity index is -0.0000000161. The quantitative estimate of drug-likeness (QED) is 0.264. The van der Waals surface area contributed by atoms with Gasteiger partial charge >= 0.3 is 0 Å². The molecule has 0 aliphatic carbocycles. The van der Waals surface area contributed by atoms with Crippen LogP contribution in [0.25, 0.3) is 0 Å². The maximum Gasteiger partial charge on any atom is 0.234 e. The Kier molecular flexibility index (Phi) is 80.1. The van der Waals surface area contributed by atoms with Crippen molar-refractivity contribution in [3.8, 4) is 0 Å². The molecule has 0 spiro atoms. The van der Waals surface area contributed by atoms with Crippen molar-refractivity contribution in [2.75, 3.05) is 20.3 Å². The molecule has 0 bridgehead atoms. The summed E-state index contributed by atoms with van der Waals surface area (Å²) in [5, 5.41) is 0. The van der Waals surface area contributed by atoms with Crippen LogP contribution in [-0.4, -0.2) is 31.8 Å². The van der Waals surface area contributed by atoms with Crippen LogP contribution in [0.5, 0.6) is 0 Å². The van der Waals surface area contributed by atoms with E-state index in [2.05, 4.69) is 9.73 Å². The van der Waals surface area contributed by atoms with E-state index in [4.69, 9.17) is 4.79 Å². The van der Waals surface area contributed by atoms with Gasteiger partial charge < -0.3 is 17.6 Å². The zero-order valence-electron chi connectivity index (χ0n) is 6.83. The largest absolute Gasteiger partial charge is 0.412 e. The molecule has 0 aromatic heterocycles. The molecule has 0 unspecified atom stereocenters. The van der Waals surface area contributed by atoms with Gasteiger partial charge in [0, 0.05) is 72.5 Å². The molecule has 0 aromatic carbocycles. The van der Waals surface area contributed by atoms with Crippen LogP contribution in [0, 0.1) is 7.43 Å². The minimum atomic E-state index is 0. The SMILES string of the molecule is C1CO1.CN=C=O.O.[CH3-].[Y].[Y]. The van der Waals surface area contributed by atoms with Gasteiger partial charge in [-0.1, -0.05) is 0 Å². The van der Waals surface area contributed by atoms with E-state index in [1.807, 2.05) is 0 Å². The van der Waals surface area contributed by atoms with Crippen LogP contribution in [-0.2, 0) is 74.9 Å². The average Bonchev–Trinajstić information content (AvgIpc) is 2.47. The second-order valence-corrected chi connectivity index (χ2v) is 0.927. The molecule has 0 aromatic rings. The van der Waals surface area contributed by atoms with Crippen molar-refractivity contribution in [1.29, 1.82) is 0 Å².